The van der Waals surface area contributed by atoms with Gasteiger partial charge in [0.05, 0.1) is 12.1 Å². The van der Waals surface area contributed by atoms with E-state index in [1.54, 1.807) is 13.2 Å². The molecule has 1 rings (SSSR count). The number of alkyl halides is 1. The zero-order valence-electron chi connectivity index (χ0n) is 7.26. The second-order valence-electron chi connectivity index (χ2n) is 2.45. The molecule has 0 N–H and O–H groups in total. The summed E-state index contributed by atoms with van der Waals surface area (Å²) < 4.78 is 5.07. The lowest BCUT2D eigenvalue weighted by Crippen LogP contribution is -1.84. The Bertz CT molecular complexity index is 308. The van der Waals surface area contributed by atoms with E-state index in [0.717, 1.165) is 5.56 Å². The first-order chi connectivity index (χ1) is 6.27. The zero-order chi connectivity index (χ0) is 9.68. The smallest absolute Gasteiger partial charge is 0.138 e. The Labute approximate surface area is 87.9 Å². The molecule has 0 radical (unpaired) electrons. The highest BCUT2D eigenvalue weighted by molar-refractivity contribution is 6.32. The van der Waals surface area contributed by atoms with Gasteiger partial charge in [-0.2, -0.15) is 0 Å². The predicted octanol–water partition coefficient (Wildman–Crippen LogP) is 3.60. The maximum Gasteiger partial charge on any atom is 0.138 e. The summed E-state index contributed by atoms with van der Waals surface area (Å²) in [6.07, 6.45) is 3.79. The minimum absolute atomic E-state index is 0.505. The van der Waals surface area contributed by atoms with Crippen LogP contribution in [0.15, 0.2) is 24.3 Å². The molecule has 0 fully saturated rings. The topological polar surface area (TPSA) is 9.23 Å². The van der Waals surface area contributed by atoms with E-state index in [1.807, 2.05) is 24.3 Å². The highest BCUT2D eigenvalue weighted by atomic mass is 35.5. The van der Waals surface area contributed by atoms with Gasteiger partial charge < -0.3 is 4.74 Å². The van der Waals surface area contributed by atoms with Gasteiger partial charge in [0.25, 0.3) is 0 Å². The average molecular weight is 217 g/mol. The third-order valence-corrected chi connectivity index (χ3v) is 2.06. The second kappa shape index (κ2) is 5.15. The minimum atomic E-state index is 0.505. The van der Waals surface area contributed by atoms with Gasteiger partial charge in [0.2, 0.25) is 0 Å². The molecule has 13 heavy (non-hydrogen) atoms. The van der Waals surface area contributed by atoms with E-state index in [1.165, 1.54) is 0 Å². The monoisotopic (exact) mass is 216 g/mol. The SMILES string of the molecule is COc1cc(C=CCCl)ccc1Cl. The Morgan fingerprint density at radius 1 is 1.46 bits per heavy atom. The number of hydrogen-bond acceptors (Lipinski definition) is 1. The highest BCUT2D eigenvalue weighted by Gasteiger charge is 1.98. The van der Waals surface area contributed by atoms with Crippen LogP contribution in [-0.2, 0) is 0 Å². The third kappa shape index (κ3) is 2.94. The van der Waals surface area contributed by atoms with Crippen molar-refractivity contribution in [3.05, 3.63) is 34.9 Å². The molecular weight excluding hydrogens is 207 g/mol. The molecule has 0 heterocycles. The van der Waals surface area contributed by atoms with E-state index in [0.29, 0.717) is 16.7 Å². The molecule has 0 aliphatic rings. The summed E-state index contributed by atoms with van der Waals surface area (Å²) in [6.45, 7) is 0. The van der Waals surface area contributed by atoms with Gasteiger partial charge in [-0.05, 0) is 17.7 Å². The van der Waals surface area contributed by atoms with Crippen molar-refractivity contribution in [3.8, 4) is 5.75 Å². The molecule has 0 unspecified atom stereocenters. The van der Waals surface area contributed by atoms with Crippen molar-refractivity contribution in [1.82, 2.24) is 0 Å². The Balaban J connectivity index is 2.92. The van der Waals surface area contributed by atoms with Crippen LogP contribution < -0.4 is 4.74 Å². The van der Waals surface area contributed by atoms with Crippen LogP contribution in [0.2, 0.25) is 5.02 Å². The van der Waals surface area contributed by atoms with Crippen molar-refractivity contribution in [3.63, 3.8) is 0 Å². The third-order valence-electron chi connectivity index (χ3n) is 1.57. The zero-order valence-corrected chi connectivity index (χ0v) is 8.77. The molecule has 0 aliphatic heterocycles. The number of halogens is 2. The van der Waals surface area contributed by atoms with E-state index in [-0.39, 0.29) is 0 Å². The molecule has 0 aliphatic carbocycles. The lowest BCUT2D eigenvalue weighted by molar-refractivity contribution is 0.415. The maximum absolute atomic E-state index is 5.86. The summed E-state index contributed by atoms with van der Waals surface area (Å²) in [5, 5.41) is 0.616. The minimum Gasteiger partial charge on any atom is -0.495 e. The molecular formula is C10H10Cl2O. The van der Waals surface area contributed by atoms with Crippen LogP contribution in [0.3, 0.4) is 0 Å². The van der Waals surface area contributed by atoms with Crippen molar-refractivity contribution in [1.29, 1.82) is 0 Å². The summed E-state index contributed by atoms with van der Waals surface area (Å²) >= 11 is 11.4. The first-order valence-electron chi connectivity index (χ1n) is 3.84. The largest absolute Gasteiger partial charge is 0.495 e. The lowest BCUT2D eigenvalue weighted by atomic mass is 10.2. The van der Waals surface area contributed by atoms with Crippen molar-refractivity contribution in [2.75, 3.05) is 13.0 Å². The van der Waals surface area contributed by atoms with E-state index in [2.05, 4.69) is 0 Å². The summed E-state index contributed by atoms with van der Waals surface area (Å²) in [4.78, 5) is 0. The van der Waals surface area contributed by atoms with Gasteiger partial charge in [-0.25, -0.2) is 0 Å². The number of ether oxygens (including phenoxy) is 1. The van der Waals surface area contributed by atoms with E-state index in [9.17, 15) is 0 Å². The van der Waals surface area contributed by atoms with Crippen LogP contribution in [0.25, 0.3) is 6.08 Å². The summed E-state index contributed by atoms with van der Waals surface area (Å²) in [5.74, 6) is 1.18. The molecule has 0 aromatic heterocycles. The number of benzene rings is 1. The predicted molar refractivity (Wildman–Crippen MR) is 57.8 cm³/mol. The normalized spacial score (nSPS) is 10.7. The summed E-state index contributed by atoms with van der Waals surface area (Å²) in [6, 6.07) is 5.58. The first-order valence-corrected chi connectivity index (χ1v) is 4.75. The highest BCUT2D eigenvalue weighted by Crippen LogP contribution is 2.25. The molecule has 1 aromatic rings. The molecule has 0 amide bonds. The van der Waals surface area contributed by atoms with Crippen LogP contribution >= 0.6 is 23.2 Å². The van der Waals surface area contributed by atoms with Crippen molar-refractivity contribution >= 4 is 29.3 Å². The molecule has 0 spiro atoms. The van der Waals surface area contributed by atoms with Crippen LogP contribution in [0.4, 0.5) is 0 Å². The molecule has 0 saturated carbocycles. The van der Waals surface area contributed by atoms with Crippen molar-refractivity contribution in [2.24, 2.45) is 0 Å². The molecule has 0 atom stereocenters. The second-order valence-corrected chi connectivity index (χ2v) is 3.17. The van der Waals surface area contributed by atoms with Gasteiger partial charge in [-0.1, -0.05) is 29.8 Å². The van der Waals surface area contributed by atoms with E-state index >= 15 is 0 Å². The van der Waals surface area contributed by atoms with Crippen LogP contribution in [0.5, 0.6) is 5.75 Å². The van der Waals surface area contributed by atoms with E-state index in [4.69, 9.17) is 27.9 Å². The number of hydrogen-bond donors (Lipinski definition) is 0. The molecule has 70 valence electrons. The van der Waals surface area contributed by atoms with Crippen molar-refractivity contribution < 1.29 is 4.74 Å². The summed E-state index contributed by atoms with van der Waals surface area (Å²) in [7, 11) is 1.59. The Hall–Kier alpha value is -0.660. The maximum atomic E-state index is 5.86. The Morgan fingerprint density at radius 2 is 2.23 bits per heavy atom. The van der Waals surface area contributed by atoms with Crippen LogP contribution in [0.1, 0.15) is 5.56 Å². The van der Waals surface area contributed by atoms with Crippen LogP contribution in [0, 0.1) is 0 Å². The standard InChI is InChI=1S/C10H10Cl2O/c1-13-10-7-8(3-2-6-11)4-5-9(10)12/h2-5,7H,6H2,1H3. The van der Waals surface area contributed by atoms with Crippen molar-refractivity contribution in [2.45, 2.75) is 0 Å². The molecule has 1 aromatic carbocycles. The lowest BCUT2D eigenvalue weighted by Gasteiger charge is -2.02. The van der Waals surface area contributed by atoms with Gasteiger partial charge >= 0.3 is 0 Å². The first kappa shape index (κ1) is 10.4. The fourth-order valence-corrected chi connectivity index (χ4v) is 1.24. The van der Waals surface area contributed by atoms with Gasteiger partial charge in [-0.15, -0.1) is 11.6 Å². The van der Waals surface area contributed by atoms with Gasteiger partial charge in [0, 0.05) is 5.88 Å². The quantitative estimate of drug-likeness (QED) is 0.703. The Morgan fingerprint density at radius 3 is 2.85 bits per heavy atom. The van der Waals surface area contributed by atoms with Crippen LogP contribution in [-0.4, -0.2) is 13.0 Å². The Kier molecular flexibility index (Phi) is 4.13. The molecule has 0 saturated heterocycles. The summed E-state index contributed by atoms with van der Waals surface area (Å²) in [5.41, 5.74) is 1.03. The molecule has 3 heteroatoms. The van der Waals surface area contributed by atoms with Gasteiger partial charge in [0.1, 0.15) is 5.75 Å². The van der Waals surface area contributed by atoms with Gasteiger partial charge in [0.15, 0.2) is 0 Å². The fourth-order valence-electron chi connectivity index (χ4n) is 0.961. The van der Waals surface area contributed by atoms with Gasteiger partial charge in [-0.3, -0.25) is 0 Å². The van der Waals surface area contributed by atoms with E-state index < -0.39 is 0 Å². The molecule has 0 bridgehead atoms. The number of rotatable bonds is 3. The molecule has 1 nitrogen and oxygen atoms in total. The fraction of sp³-hybridized carbons (Fsp3) is 0.200. The number of methoxy groups -OCH3 is 1. The number of allylic oxidation sites excluding steroid dienone is 1. The average Bonchev–Trinajstić information content (AvgIpc) is 2.16.